The van der Waals surface area contributed by atoms with Crippen molar-refractivity contribution in [2.45, 2.75) is 19.4 Å². The molecule has 1 atom stereocenters. The number of halogens is 2. The molecular formula is C16H17Br2N. The fraction of sp³-hybridized carbons (Fsp3) is 0.250. The van der Waals surface area contributed by atoms with Gasteiger partial charge in [-0.3, -0.25) is 0 Å². The third-order valence-corrected chi connectivity index (χ3v) is 4.68. The van der Waals surface area contributed by atoms with E-state index in [1.165, 1.54) is 21.2 Å². The summed E-state index contributed by atoms with van der Waals surface area (Å²) in [7, 11) is 2.01. The second-order valence-electron chi connectivity index (χ2n) is 4.68. The third-order valence-electron chi connectivity index (χ3n) is 3.30. The first-order valence-electron chi connectivity index (χ1n) is 6.28. The SMILES string of the molecule is CNC(Cc1ccc(Br)cc1)c1ccc(C)c(Br)c1. The molecule has 0 aliphatic carbocycles. The van der Waals surface area contributed by atoms with Crippen molar-refractivity contribution in [2.75, 3.05) is 7.05 Å². The molecule has 0 amide bonds. The van der Waals surface area contributed by atoms with Gasteiger partial charge in [0.05, 0.1) is 0 Å². The molecule has 0 saturated carbocycles. The van der Waals surface area contributed by atoms with Crippen LogP contribution in [0.15, 0.2) is 51.4 Å². The molecule has 2 aromatic rings. The van der Waals surface area contributed by atoms with Gasteiger partial charge in [0, 0.05) is 15.0 Å². The smallest absolute Gasteiger partial charge is 0.0358 e. The molecule has 0 aliphatic heterocycles. The molecule has 0 radical (unpaired) electrons. The van der Waals surface area contributed by atoms with Crippen LogP contribution in [0.2, 0.25) is 0 Å². The fourth-order valence-electron chi connectivity index (χ4n) is 2.07. The molecule has 0 aromatic heterocycles. The van der Waals surface area contributed by atoms with Crippen molar-refractivity contribution < 1.29 is 0 Å². The van der Waals surface area contributed by atoms with Gasteiger partial charge in [-0.15, -0.1) is 0 Å². The molecule has 0 spiro atoms. The Kier molecular flexibility index (Phi) is 5.20. The van der Waals surface area contributed by atoms with Crippen molar-refractivity contribution in [1.29, 1.82) is 0 Å². The van der Waals surface area contributed by atoms with E-state index in [2.05, 4.69) is 86.6 Å². The molecule has 0 heterocycles. The minimum Gasteiger partial charge on any atom is -0.313 e. The summed E-state index contributed by atoms with van der Waals surface area (Å²) in [5, 5.41) is 3.40. The number of nitrogens with one attached hydrogen (secondary N) is 1. The first-order valence-corrected chi connectivity index (χ1v) is 7.86. The minimum absolute atomic E-state index is 0.332. The summed E-state index contributed by atoms with van der Waals surface area (Å²) in [6.07, 6.45) is 0.985. The predicted octanol–water partition coefficient (Wildman–Crippen LogP) is 5.02. The molecule has 1 nitrogen and oxygen atoms in total. The van der Waals surface area contributed by atoms with Crippen LogP contribution in [0.3, 0.4) is 0 Å². The number of hydrogen-bond donors (Lipinski definition) is 1. The van der Waals surface area contributed by atoms with Crippen LogP contribution in [0.4, 0.5) is 0 Å². The molecule has 3 heteroatoms. The second-order valence-corrected chi connectivity index (χ2v) is 6.45. The first kappa shape index (κ1) is 14.8. The highest BCUT2D eigenvalue weighted by atomic mass is 79.9. The molecule has 2 aromatic carbocycles. The summed E-state index contributed by atoms with van der Waals surface area (Å²) < 4.78 is 2.29. The molecule has 2 rings (SSSR count). The number of likely N-dealkylation sites (N-methyl/N-ethyl adjacent to an activating group) is 1. The predicted molar refractivity (Wildman–Crippen MR) is 88.5 cm³/mol. The highest BCUT2D eigenvalue weighted by Crippen LogP contribution is 2.24. The van der Waals surface area contributed by atoms with E-state index < -0.39 is 0 Å². The van der Waals surface area contributed by atoms with Gasteiger partial charge in [-0.2, -0.15) is 0 Å². The van der Waals surface area contributed by atoms with Crippen molar-refractivity contribution in [3.8, 4) is 0 Å². The van der Waals surface area contributed by atoms with Gasteiger partial charge in [-0.05, 0) is 55.3 Å². The molecule has 1 unspecified atom stereocenters. The maximum atomic E-state index is 3.60. The van der Waals surface area contributed by atoms with Gasteiger partial charge in [0.15, 0.2) is 0 Å². The van der Waals surface area contributed by atoms with E-state index in [1.54, 1.807) is 0 Å². The molecule has 1 N–H and O–H groups in total. The number of rotatable bonds is 4. The topological polar surface area (TPSA) is 12.0 Å². The third kappa shape index (κ3) is 3.91. The fourth-order valence-corrected chi connectivity index (χ4v) is 2.73. The standard InChI is InChI=1S/C16H17Br2N/c1-11-3-6-13(10-15(11)18)16(19-2)9-12-4-7-14(17)8-5-12/h3-8,10,16,19H,9H2,1-2H3. The lowest BCUT2D eigenvalue weighted by Crippen LogP contribution is -2.18. The zero-order chi connectivity index (χ0) is 13.8. The van der Waals surface area contributed by atoms with Crippen LogP contribution in [0.5, 0.6) is 0 Å². The Morgan fingerprint density at radius 3 is 2.32 bits per heavy atom. The Bertz CT molecular complexity index is 549. The second kappa shape index (κ2) is 6.69. The molecule has 0 aliphatic rings. The summed E-state index contributed by atoms with van der Waals surface area (Å²) in [6, 6.07) is 15.4. The normalized spacial score (nSPS) is 12.4. The zero-order valence-corrected chi connectivity index (χ0v) is 14.3. The first-order chi connectivity index (χ1) is 9.10. The largest absolute Gasteiger partial charge is 0.313 e. The van der Waals surface area contributed by atoms with E-state index >= 15 is 0 Å². The van der Waals surface area contributed by atoms with Gasteiger partial charge >= 0.3 is 0 Å². The monoisotopic (exact) mass is 381 g/mol. The van der Waals surface area contributed by atoms with Crippen molar-refractivity contribution in [3.63, 3.8) is 0 Å². The van der Waals surface area contributed by atoms with E-state index in [0.29, 0.717) is 6.04 Å². The van der Waals surface area contributed by atoms with Crippen LogP contribution in [-0.4, -0.2) is 7.05 Å². The van der Waals surface area contributed by atoms with E-state index in [-0.39, 0.29) is 0 Å². The van der Waals surface area contributed by atoms with Gasteiger partial charge in [-0.1, -0.05) is 56.1 Å². The van der Waals surface area contributed by atoms with Gasteiger partial charge in [0.2, 0.25) is 0 Å². The Morgan fingerprint density at radius 1 is 1.05 bits per heavy atom. The summed E-state index contributed by atoms with van der Waals surface area (Å²) in [5.41, 5.74) is 3.91. The van der Waals surface area contributed by atoms with E-state index in [4.69, 9.17) is 0 Å². The molecular weight excluding hydrogens is 366 g/mol. The quantitative estimate of drug-likeness (QED) is 0.782. The Balaban J connectivity index is 2.19. The number of aryl methyl sites for hydroxylation is 1. The average molecular weight is 383 g/mol. The minimum atomic E-state index is 0.332. The number of benzene rings is 2. The van der Waals surface area contributed by atoms with Crippen LogP contribution in [0, 0.1) is 6.92 Å². The molecule has 19 heavy (non-hydrogen) atoms. The van der Waals surface area contributed by atoms with Crippen LogP contribution in [-0.2, 0) is 6.42 Å². The summed E-state index contributed by atoms with van der Waals surface area (Å²) >= 11 is 7.07. The van der Waals surface area contributed by atoms with Gasteiger partial charge in [0.25, 0.3) is 0 Å². The van der Waals surface area contributed by atoms with E-state index in [9.17, 15) is 0 Å². The number of hydrogen-bond acceptors (Lipinski definition) is 1. The van der Waals surface area contributed by atoms with Crippen molar-refractivity contribution in [1.82, 2.24) is 5.32 Å². The maximum Gasteiger partial charge on any atom is 0.0358 e. The molecule has 100 valence electrons. The van der Waals surface area contributed by atoms with E-state index in [1.807, 2.05) is 7.05 Å². The average Bonchev–Trinajstić information content (AvgIpc) is 2.41. The molecule has 0 fully saturated rings. The summed E-state index contributed by atoms with van der Waals surface area (Å²) in [6.45, 7) is 2.11. The Morgan fingerprint density at radius 2 is 1.74 bits per heavy atom. The van der Waals surface area contributed by atoms with Crippen LogP contribution in [0.1, 0.15) is 22.7 Å². The lowest BCUT2D eigenvalue weighted by Gasteiger charge is -2.18. The zero-order valence-electron chi connectivity index (χ0n) is 11.1. The van der Waals surface area contributed by atoms with Crippen LogP contribution < -0.4 is 5.32 Å². The maximum absolute atomic E-state index is 3.60. The lowest BCUT2D eigenvalue weighted by atomic mass is 9.98. The Labute approximate surface area is 131 Å². The molecule has 0 saturated heterocycles. The van der Waals surface area contributed by atoms with Crippen molar-refractivity contribution in [2.24, 2.45) is 0 Å². The van der Waals surface area contributed by atoms with E-state index in [0.717, 1.165) is 10.9 Å². The lowest BCUT2D eigenvalue weighted by molar-refractivity contribution is 0.591. The Hall–Kier alpha value is -0.640. The van der Waals surface area contributed by atoms with Gasteiger partial charge in [0.1, 0.15) is 0 Å². The molecule has 0 bridgehead atoms. The highest BCUT2D eigenvalue weighted by Gasteiger charge is 2.11. The summed E-state index contributed by atoms with van der Waals surface area (Å²) in [4.78, 5) is 0. The summed E-state index contributed by atoms with van der Waals surface area (Å²) in [5.74, 6) is 0. The van der Waals surface area contributed by atoms with Crippen molar-refractivity contribution >= 4 is 31.9 Å². The van der Waals surface area contributed by atoms with Crippen molar-refractivity contribution in [3.05, 3.63) is 68.1 Å². The highest BCUT2D eigenvalue weighted by molar-refractivity contribution is 9.10. The van der Waals surface area contributed by atoms with Gasteiger partial charge in [-0.25, -0.2) is 0 Å². The van der Waals surface area contributed by atoms with Crippen LogP contribution in [0.25, 0.3) is 0 Å². The van der Waals surface area contributed by atoms with Crippen LogP contribution >= 0.6 is 31.9 Å². The van der Waals surface area contributed by atoms with Gasteiger partial charge < -0.3 is 5.32 Å².